The van der Waals surface area contributed by atoms with E-state index >= 15 is 0 Å². The van der Waals surface area contributed by atoms with Gasteiger partial charge in [-0.25, -0.2) is 8.42 Å². The maximum absolute atomic E-state index is 11.7. The van der Waals surface area contributed by atoms with Gasteiger partial charge in [-0.2, -0.15) is 0 Å². The predicted octanol–water partition coefficient (Wildman–Crippen LogP) is 1.19. The first-order valence-electron chi connectivity index (χ1n) is 7.36. The van der Waals surface area contributed by atoms with Crippen LogP contribution in [-0.2, 0) is 9.84 Å². The van der Waals surface area contributed by atoms with Gasteiger partial charge in [0.1, 0.15) is 0 Å². The fourth-order valence-electron chi connectivity index (χ4n) is 2.57. The summed E-state index contributed by atoms with van der Waals surface area (Å²) in [5.41, 5.74) is 5.82. The van der Waals surface area contributed by atoms with Crippen molar-refractivity contribution in [2.45, 2.75) is 62.7 Å². The molecule has 0 atom stereocenters. The van der Waals surface area contributed by atoms with Gasteiger partial charge in [0.25, 0.3) is 0 Å². The Morgan fingerprint density at radius 1 is 1.11 bits per heavy atom. The number of aliphatic imine (C=N–C) groups is 1. The number of nitrogens with two attached hydrogens (primary N) is 1. The van der Waals surface area contributed by atoms with Crippen LogP contribution < -0.4 is 11.1 Å². The lowest BCUT2D eigenvalue weighted by molar-refractivity contribution is 0.530. The van der Waals surface area contributed by atoms with E-state index in [-0.39, 0.29) is 17.5 Å². The minimum absolute atomic E-state index is 0.0984. The second-order valence-electron chi connectivity index (χ2n) is 5.67. The molecule has 6 heteroatoms. The highest BCUT2D eigenvalue weighted by Crippen LogP contribution is 2.28. The highest BCUT2D eigenvalue weighted by Gasteiger charge is 2.34. The molecule has 0 radical (unpaired) electrons. The standard InChI is InChI=1S/C13H25N3O2S/c14-13(16-11-5-3-1-2-4-6-11)15-9-10-19(17,18)12-7-8-12/h11-12H,1-10H2,(H3,14,15,16). The van der Waals surface area contributed by atoms with Crippen molar-refractivity contribution in [1.29, 1.82) is 0 Å². The summed E-state index contributed by atoms with van der Waals surface area (Å²) in [6.07, 6.45) is 8.99. The fraction of sp³-hybridized carbons (Fsp3) is 0.923. The predicted molar refractivity (Wildman–Crippen MR) is 77.9 cm³/mol. The lowest BCUT2D eigenvalue weighted by Crippen LogP contribution is -2.40. The second kappa shape index (κ2) is 6.59. The molecule has 2 aliphatic carbocycles. The van der Waals surface area contributed by atoms with Crippen molar-refractivity contribution in [1.82, 2.24) is 5.32 Å². The van der Waals surface area contributed by atoms with Crippen LogP contribution in [0, 0.1) is 0 Å². The molecule has 0 bridgehead atoms. The van der Waals surface area contributed by atoms with E-state index in [9.17, 15) is 8.42 Å². The monoisotopic (exact) mass is 287 g/mol. The van der Waals surface area contributed by atoms with Gasteiger partial charge >= 0.3 is 0 Å². The lowest BCUT2D eigenvalue weighted by Gasteiger charge is -2.16. The number of sulfone groups is 1. The molecule has 2 saturated carbocycles. The van der Waals surface area contributed by atoms with E-state index in [1.165, 1.54) is 25.7 Å². The summed E-state index contributed by atoms with van der Waals surface area (Å²) in [7, 11) is -2.91. The van der Waals surface area contributed by atoms with Crippen LogP contribution in [0.15, 0.2) is 4.99 Å². The first kappa shape index (κ1) is 14.6. The van der Waals surface area contributed by atoms with Crippen LogP contribution in [0.4, 0.5) is 0 Å². The van der Waals surface area contributed by atoms with Crippen molar-refractivity contribution in [2.24, 2.45) is 10.7 Å². The molecule has 0 aromatic carbocycles. The van der Waals surface area contributed by atoms with E-state index in [0.29, 0.717) is 12.0 Å². The molecule has 110 valence electrons. The van der Waals surface area contributed by atoms with Crippen LogP contribution in [0.1, 0.15) is 51.4 Å². The SMILES string of the molecule is NC(=NCCS(=O)(=O)C1CC1)NC1CCCCCC1. The zero-order chi connectivity index (χ0) is 13.7. The second-order valence-corrected chi connectivity index (χ2v) is 8.07. The third-order valence-electron chi connectivity index (χ3n) is 3.90. The van der Waals surface area contributed by atoms with Crippen LogP contribution in [-0.4, -0.2) is 38.0 Å². The Balaban J connectivity index is 1.72. The van der Waals surface area contributed by atoms with Crippen molar-refractivity contribution in [3.63, 3.8) is 0 Å². The molecule has 2 fully saturated rings. The molecule has 2 aliphatic rings. The van der Waals surface area contributed by atoms with Crippen molar-refractivity contribution in [2.75, 3.05) is 12.3 Å². The third-order valence-corrected chi connectivity index (χ3v) is 6.14. The molecule has 0 aromatic heterocycles. The molecule has 19 heavy (non-hydrogen) atoms. The summed E-state index contributed by atoms with van der Waals surface area (Å²) >= 11 is 0. The smallest absolute Gasteiger partial charge is 0.188 e. The summed E-state index contributed by atoms with van der Waals surface area (Å²) in [5, 5.41) is 3.12. The number of guanidine groups is 1. The molecule has 0 aliphatic heterocycles. The van der Waals surface area contributed by atoms with Gasteiger partial charge < -0.3 is 11.1 Å². The number of nitrogens with one attached hydrogen (secondary N) is 1. The number of hydrogen-bond donors (Lipinski definition) is 2. The van der Waals surface area contributed by atoms with E-state index in [1.54, 1.807) is 0 Å². The summed E-state index contributed by atoms with van der Waals surface area (Å²) in [6, 6.07) is 0.409. The Morgan fingerprint density at radius 3 is 2.32 bits per heavy atom. The Labute approximate surface area is 116 Å². The highest BCUT2D eigenvalue weighted by molar-refractivity contribution is 7.92. The zero-order valence-electron chi connectivity index (χ0n) is 11.5. The minimum atomic E-state index is -2.91. The molecule has 0 spiro atoms. The van der Waals surface area contributed by atoms with Crippen LogP contribution in [0.3, 0.4) is 0 Å². The molecule has 0 aromatic rings. The topological polar surface area (TPSA) is 84.5 Å². The van der Waals surface area contributed by atoms with E-state index < -0.39 is 9.84 Å². The highest BCUT2D eigenvalue weighted by atomic mass is 32.2. The maximum Gasteiger partial charge on any atom is 0.188 e. The van der Waals surface area contributed by atoms with Gasteiger partial charge in [0.05, 0.1) is 17.5 Å². The lowest BCUT2D eigenvalue weighted by atomic mass is 10.1. The summed E-state index contributed by atoms with van der Waals surface area (Å²) in [5.74, 6) is 0.531. The van der Waals surface area contributed by atoms with Crippen molar-refractivity contribution >= 4 is 15.8 Å². The molecule has 2 rings (SSSR count). The summed E-state index contributed by atoms with van der Waals surface area (Å²) in [6.45, 7) is 0.282. The van der Waals surface area contributed by atoms with Gasteiger partial charge in [-0.05, 0) is 25.7 Å². The average molecular weight is 287 g/mol. The van der Waals surface area contributed by atoms with Gasteiger partial charge in [-0.1, -0.05) is 25.7 Å². The molecule has 0 saturated heterocycles. The first-order chi connectivity index (χ1) is 9.08. The summed E-state index contributed by atoms with van der Waals surface area (Å²) in [4.78, 5) is 4.15. The fourth-order valence-corrected chi connectivity index (χ4v) is 4.10. The quantitative estimate of drug-likeness (QED) is 0.452. The van der Waals surface area contributed by atoms with Gasteiger partial charge in [-0.3, -0.25) is 4.99 Å². The Morgan fingerprint density at radius 2 is 1.74 bits per heavy atom. The normalized spacial score (nSPS) is 23.1. The van der Waals surface area contributed by atoms with Crippen LogP contribution >= 0.6 is 0 Å². The van der Waals surface area contributed by atoms with E-state index in [4.69, 9.17) is 5.73 Å². The van der Waals surface area contributed by atoms with Gasteiger partial charge in [-0.15, -0.1) is 0 Å². The molecule has 3 N–H and O–H groups in total. The van der Waals surface area contributed by atoms with Crippen molar-refractivity contribution < 1.29 is 8.42 Å². The van der Waals surface area contributed by atoms with Crippen LogP contribution in [0.5, 0.6) is 0 Å². The number of nitrogens with zero attached hydrogens (tertiary/aromatic N) is 1. The molecule has 5 nitrogen and oxygen atoms in total. The Bertz CT molecular complexity index is 408. The molecular formula is C13H25N3O2S. The maximum atomic E-state index is 11.7. The number of rotatable bonds is 5. The van der Waals surface area contributed by atoms with E-state index in [0.717, 1.165) is 25.7 Å². The Kier molecular flexibility index (Phi) is 5.07. The molecular weight excluding hydrogens is 262 g/mol. The zero-order valence-corrected chi connectivity index (χ0v) is 12.3. The van der Waals surface area contributed by atoms with Crippen LogP contribution in [0.25, 0.3) is 0 Å². The van der Waals surface area contributed by atoms with Crippen LogP contribution in [0.2, 0.25) is 0 Å². The van der Waals surface area contributed by atoms with Gasteiger partial charge in [0.2, 0.25) is 0 Å². The average Bonchev–Trinajstić information content (AvgIpc) is 3.16. The Hall–Kier alpha value is -0.780. The molecule has 0 amide bonds. The van der Waals surface area contributed by atoms with E-state index in [1.807, 2.05) is 0 Å². The van der Waals surface area contributed by atoms with Crippen molar-refractivity contribution in [3.8, 4) is 0 Å². The first-order valence-corrected chi connectivity index (χ1v) is 9.07. The third kappa shape index (κ3) is 5.01. The summed E-state index contributed by atoms with van der Waals surface area (Å²) < 4.78 is 23.4. The van der Waals surface area contributed by atoms with E-state index in [2.05, 4.69) is 10.3 Å². The molecule has 0 heterocycles. The van der Waals surface area contributed by atoms with Crippen molar-refractivity contribution in [3.05, 3.63) is 0 Å². The van der Waals surface area contributed by atoms with Gasteiger partial charge in [0, 0.05) is 6.04 Å². The van der Waals surface area contributed by atoms with Gasteiger partial charge in [0.15, 0.2) is 15.8 Å². The minimum Gasteiger partial charge on any atom is -0.370 e. The molecule has 0 unspecified atom stereocenters. The largest absolute Gasteiger partial charge is 0.370 e. The number of hydrogen-bond acceptors (Lipinski definition) is 3.